The molecule has 2 aromatic rings. The van der Waals surface area contributed by atoms with Crippen LogP contribution in [0.4, 0.5) is 5.69 Å². The Balaban J connectivity index is 1.94. The largest absolute Gasteiger partial charge is 0.381 e. The summed E-state index contributed by atoms with van der Waals surface area (Å²) >= 11 is 0. The van der Waals surface area contributed by atoms with Gasteiger partial charge in [-0.05, 0) is 43.5 Å². The van der Waals surface area contributed by atoms with E-state index in [4.69, 9.17) is 0 Å². The van der Waals surface area contributed by atoms with Crippen molar-refractivity contribution in [2.45, 2.75) is 39.8 Å². The third-order valence-corrected chi connectivity index (χ3v) is 3.72. The standard InChI is InChI=1S/C18H23N3O/c1-4-14(3)21-16-9-10-17(19-12-16)18(22)20-11-15-8-6-5-7-13(15)2/h5-10,12,14,21H,4,11H2,1-3H3,(H,20,22). The molecule has 0 aliphatic rings. The number of anilines is 1. The molecular weight excluding hydrogens is 274 g/mol. The number of nitrogens with zero attached hydrogens (tertiary/aromatic N) is 1. The summed E-state index contributed by atoms with van der Waals surface area (Å²) in [6.45, 7) is 6.79. The third-order valence-electron chi connectivity index (χ3n) is 3.72. The lowest BCUT2D eigenvalue weighted by atomic mass is 10.1. The molecule has 4 heteroatoms. The van der Waals surface area contributed by atoms with E-state index in [-0.39, 0.29) is 5.91 Å². The minimum atomic E-state index is -0.154. The van der Waals surface area contributed by atoms with Crippen molar-refractivity contribution >= 4 is 11.6 Å². The smallest absolute Gasteiger partial charge is 0.270 e. The molecule has 0 saturated carbocycles. The van der Waals surface area contributed by atoms with Gasteiger partial charge in [-0.15, -0.1) is 0 Å². The first-order valence-electron chi connectivity index (χ1n) is 7.65. The number of carbonyl (C=O) groups is 1. The van der Waals surface area contributed by atoms with E-state index >= 15 is 0 Å². The van der Waals surface area contributed by atoms with Gasteiger partial charge in [-0.25, -0.2) is 4.98 Å². The van der Waals surface area contributed by atoms with Crippen LogP contribution in [0, 0.1) is 6.92 Å². The van der Waals surface area contributed by atoms with E-state index in [0.717, 1.165) is 17.7 Å². The molecule has 1 unspecified atom stereocenters. The van der Waals surface area contributed by atoms with Crippen LogP contribution in [0.1, 0.15) is 41.9 Å². The fourth-order valence-corrected chi connectivity index (χ4v) is 2.07. The molecule has 1 amide bonds. The quantitative estimate of drug-likeness (QED) is 0.857. The molecule has 0 saturated heterocycles. The van der Waals surface area contributed by atoms with Gasteiger partial charge in [0, 0.05) is 12.6 Å². The predicted molar refractivity (Wildman–Crippen MR) is 90.0 cm³/mol. The van der Waals surface area contributed by atoms with E-state index in [0.29, 0.717) is 18.3 Å². The van der Waals surface area contributed by atoms with Crippen molar-refractivity contribution in [3.05, 3.63) is 59.4 Å². The Morgan fingerprint density at radius 2 is 2.00 bits per heavy atom. The van der Waals surface area contributed by atoms with Crippen molar-refractivity contribution in [1.29, 1.82) is 0 Å². The molecule has 116 valence electrons. The van der Waals surface area contributed by atoms with Crippen LogP contribution in [-0.4, -0.2) is 16.9 Å². The zero-order valence-corrected chi connectivity index (χ0v) is 13.4. The molecule has 22 heavy (non-hydrogen) atoms. The van der Waals surface area contributed by atoms with Gasteiger partial charge in [0.2, 0.25) is 0 Å². The molecule has 4 nitrogen and oxygen atoms in total. The van der Waals surface area contributed by atoms with Gasteiger partial charge in [0.1, 0.15) is 5.69 Å². The lowest BCUT2D eigenvalue weighted by molar-refractivity contribution is 0.0946. The first kappa shape index (κ1) is 16.0. The maximum absolute atomic E-state index is 12.1. The molecule has 2 rings (SSSR count). The second-order valence-electron chi connectivity index (χ2n) is 5.49. The van der Waals surface area contributed by atoms with Crippen molar-refractivity contribution in [2.24, 2.45) is 0 Å². The topological polar surface area (TPSA) is 54.0 Å². The molecule has 0 fully saturated rings. The molecule has 0 radical (unpaired) electrons. The number of nitrogens with one attached hydrogen (secondary N) is 2. The molecule has 1 aromatic heterocycles. The Morgan fingerprint density at radius 1 is 1.23 bits per heavy atom. The maximum Gasteiger partial charge on any atom is 0.270 e. The maximum atomic E-state index is 12.1. The van der Waals surface area contributed by atoms with Gasteiger partial charge in [0.05, 0.1) is 11.9 Å². The fourth-order valence-electron chi connectivity index (χ4n) is 2.07. The predicted octanol–water partition coefficient (Wildman–Crippen LogP) is 3.53. The molecule has 1 heterocycles. The number of pyridine rings is 1. The zero-order chi connectivity index (χ0) is 15.9. The number of hydrogen-bond acceptors (Lipinski definition) is 3. The molecule has 0 aliphatic heterocycles. The Labute approximate surface area is 132 Å². The zero-order valence-electron chi connectivity index (χ0n) is 13.4. The van der Waals surface area contributed by atoms with Crippen LogP contribution in [-0.2, 0) is 6.54 Å². The van der Waals surface area contributed by atoms with E-state index in [2.05, 4.69) is 29.5 Å². The van der Waals surface area contributed by atoms with Crippen LogP contribution in [0.25, 0.3) is 0 Å². The average Bonchev–Trinajstić information content (AvgIpc) is 2.54. The highest BCUT2D eigenvalue weighted by molar-refractivity contribution is 5.92. The summed E-state index contributed by atoms with van der Waals surface area (Å²) in [5.41, 5.74) is 3.66. The minimum Gasteiger partial charge on any atom is -0.381 e. The molecule has 1 aromatic carbocycles. The van der Waals surface area contributed by atoms with Crippen LogP contribution in [0.5, 0.6) is 0 Å². The van der Waals surface area contributed by atoms with Gasteiger partial charge in [0.25, 0.3) is 5.91 Å². The molecule has 0 aliphatic carbocycles. The van der Waals surface area contributed by atoms with Crippen molar-refractivity contribution < 1.29 is 4.79 Å². The lowest BCUT2D eigenvalue weighted by Crippen LogP contribution is -2.24. The highest BCUT2D eigenvalue weighted by atomic mass is 16.1. The Hall–Kier alpha value is -2.36. The van der Waals surface area contributed by atoms with Crippen LogP contribution < -0.4 is 10.6 Å². The van der Waals surface area contributed by atoms with Crippen LogP contribution in [0.2, 0.25) is 0 Å². The molecule has 1 atom stereocenters. The van der Waals surface area contributed by atoms with Gasteiger partial charge >= 0.3 is 0 Å². The van der Waals surface area contributed by atoms with E-state index in [1.165, 1.54) is 5.56 Å². The van der Waals surface area contributed by atoms with Gasteiger partial charge in [-0.3, -0.25) is 4.79 Å². The lowest BCUT2D eigenvalue weighted by Gasteiger charge is -2.12. The highest BCUT2D eigenvalue weighted by Crippen LogP contribution is 2.10. The molecule has 2 N–H and O–H groups in total. The number of amides is 1. The number of carbonyl (C=O) groups excluding carboxylic acids is 1. The first-order valence-corrected chi connectivity index (χ1v) is 7.65. The van der Waals surface area contributed by atoms with Crippen molar-refractivity contribution in [1.82, 2.24) is 10.3 Å². The highest BCUT2D eigenvalue weighted by Gasteiger charge is 2.08. The second kappa shape index (κ2) is 7.59. The molecule has 0 bridgehead atoms. The van der Waals surface area contributed by atoms with Crippen molar-refractivity contribution in [3.63, 3.8) is 0 Å². The summed E-state index contributed by atoms with van der Waals surface area (Å²) in [6, 6.07) is 12.0. The van der Waals surface area contributed by atoms with Crippen LogP contribution in [0.15, 0.2) is 42.6 Å². The van der Waals surface area contributed by atoms with Crippen LogP contribution >= 0.6 is 0 Å². The van der Waals surface area contributed by atoms with Gasteiger partial charge in [0.15, 0.2) is 0 Å². The third kappa shape index (κ3) is 4.32. The van der Waals surface area contributed by atoms with E-state index in [1.807, 2.05) is 37.3 Å². The average molecular weight is 297 g/mol. The Kier molecular flexibility index (Phi) is 5.53. The summed E-state index contributed by atoms with van der Waals surface area (Å²) in [4.78, 5) is 16.4. The van der Waals surface area contributed by atoms with Gasteiger partial charge < -0.3 is 10.6 Å². The molecule has 0 spiro atoms. The summed E-state index contributed by atoms with van der Waals surface area (Å²) in [5, 5.41) is 6.23. The van der Waals surface area contributed by atoms with Crippen LogP contribution in [0.3, 0.4) is 0 Å². The Morgan fingerprint density at radius 3 is 2.64 bits per heavy atom. The number of hydrogen-bond donors (Lipinski definition) is 2. The van der Waals surface area contributed by atoms with E-state index in [9.17, 15) is 4.79 Å². The summed E-state index contributed by atoms with van der Waals surface area (Å²) in [6.07, 6.45) is 2.74. The first-order chi connectivity index (χ1) is 10.6. The second-order valence-corrected chi connectivity index (χ2v) is 5.49. The van der Waals surface area contributed by atoms with Crippen molar-refractivity contribution in [2.75, 3.05) is 5.32 Å². The van der Waals surface area contributed by atoms with Crippen molar-refractivity contribution in [3.8, 4) is 0 Å². The number of benzene rings is 1. The van der Waals surface area contributed by atoms with E-state index in [1.54, 1.807) is 12.3 Å². The normalized spacial score (nSPS) is 11.8. The fraction of sp³-hybridized carbons (Fsp3) is 0.333. The Bertz CT molecular complexity index is 622. The number of aryl methyl sites for hydroxylation is 1. The van der Waals surface area contributed by atoms with E-state index < -0.39 is 0 Å². The summed E-state index contributed by atoms with van der Waals surface area (Å²) < 4.78 is 0. The number of rotatable bonds is 6. The number of aromatic nitrogens is 1. The summed E-state index contributed by atoms with van der Waals surface area (Å²) in [5.74, 6) is -0.154. The van der Waals surface area contributed by atoms with Gasteiger partial charge in [-0.1, -0.05) is 31.2 Å². The molecular formula is C18H23N3O. The van der Waals surface area contributed by atoms with Gasteiger partial charge in [-0.2, -0.15) is 0 Å². The monoisotopic (exact) mass is 297 g/mol. The SMILES string of the molecule is CCC(C)Nc1ccc(C(=O)NCc2ccccc2C)nc1. The summed E-state index contributed by atoms with van der Waals surface area (Å²) in [7, 11) is 0. The minimum absolute atomic E-state index is 0.154.